The van der Waals surface area contributed by atoms with Crippen molar-refractivity contribution in [2.24, 2.45) is 5.92 Å². The average molecular weight is 368 g/mol. The second-order valence-corrected chi connectivity index (χ2v) is 9.21. The van der Waals surface area contributed by atoms with Crippen molar-refractivity contribution in [1.82, 2.24) is 0 Å². The lowest BCUT2D eigenvalue weighted by Gasteiger charge is -2.30. The zero-order chi connectivity index (χ0) is 19.6. The van der Waals surface area contributed by atoms with Crippen molar-refractivity contribution in [1.29, 1.82) is 0 Å². The molecule has 1 aliphatic carbocycles. The van der Waals surface area contributed by atoms with E-state index >= 15 is 0 Å². The molecule has 0 bridgehead atoms. The first-order valence-electron chi connectivity index (χ1n) is 10.6. The van der Waals surface area contributed by atoms with Crippen LogP contribution >= 0.6 is 0 Å². The van der Waals surface area contributed by atoms with E-state index < -0.39 is 0 Å². The summed E-state index contributed by atoms with van der Waals surface area (Å²) in [7, 11) is 0. The van der Waals surface area contributed by atoms with Crippen molar-refractivity contribution < 1.29 is 0 Å². The van der Waals surface area contributed by atoms with E-state index in [1.54, 1.807) is 5.92 Å². The Bertz CT molecular complexity index is 896. The molecule has 0 heterocycles. The van der Waals surface area contributed by atoms with Crippen molar-refractivity contribution in [2.75, 3.05) is 0 Å². The predicted octanol–water partition coefficient (Wildman–Crippen LogP) is 7.15. The van der Waals surface area contributed by atoms with Gasteiger partial charge in [0.2, 0.25) is 0 Å². The molecule has 0 N–H and O–H groups in total. The summed E-state index contributed by atoms with van der Waals surface area (Å²) in [6, 6.07) is 28.9. The third-order valence-electron chi connectivity index (χ3n) is 5.79. The molecule has 0 saturated heterocycles. The van der Waals surface area contributed by atoms with Gasteiger partial charge in [0, 0.05) is 5.92 Å². The van der Waals surface area contributed by atoms with Crippen LogP contribution in [0, 0.1) is 11.8 Å². The third kappa shape index (κ3) is 4.38. The van der Waals surface area contributed by atoms with Crippen LogP contribution in [0.2, 0.25) is 0 Å². The first-order chi connectivity index (χ1) is 13.5. The minimum absolute atomic E-state index is 0.123. The molecule has 1 saturated carbocycles. The van der Waals surface area contributed by atoms with Gasteiger partial charge in [0.15, 0.2) is 0 Å². The molecule has 1 aliphatic rings. The molecule has 0 spiro atoms. The molecule has 0 unspecified atom stereocenters. The number of benzene rings is 3. The summed E-state index contributed by atoms with van der Waals surface area (Å²) in [5.41, 5.74) is 7.46. The summed E-state index contributed by atoms with van der Waals surface area (Å²) in [5, 5.41) is 0. The maximum absolute atomic E-state index is 2.38. The van der Waals surface area contributed by atoms with Gasteiger partial charge in [-0.3, -0.25) is 0 Å². The van der Waals surface area contributed by atoms with E-state index in [1.165, 1.54) is 40.7 Å². The lowest BCUT2D eigenvalue weighted by atomic mass is 9.74. The van der Waals surface area contributed by atoms with Crippen LogP contribution in [-0.4, -0.2) is 0 Å². The Balaban J connectivity index is 1.75. The monoisotopic (exact) mass is 367 g/mol. The van der Waals surface area contributed by atoms with Crippen molar-refractivity contribution >= 4 is 0 Å². The molecule has 0 aliphatic heterocycles. The smallest absolute Gasteiger partial charge is 0.0127 e. The highest BCUT2D eigenvalue weighted by molar-refractivity contribution is 5.51. The Morgan fingerprint density at radius 3 is 1.93 bits per heavy atom. The maximum atomic E-state index is 2.38. The molecular weight excluding hydrogens is 336 g/mol. The molecule has 1 fully saturated rings. The van der Waals surface area contributed by atoms with Crippen molar-refractivity contribution in [3.05, 3.63) is 113 Å². The van der Waals surface area contributed by atoms with Gasteiger partial charge in [-0.25, -0.2) is 0 Å². The minimum Gasteiger partial charge on any atom is -0.0622 e. The van der Waals surface area contributed by atoms with Crippen LogP contribution in [0.25, 0.3) is 0 Å². The fraction of sp³-hybridized carbons (Fsp3) is 0.321. The Kier molecular flexibility index (Phi) is 5.40. The SMILES string of the molecule is CC(C)(C)c1c(Cc2ccccc2)cccc1[C](Cc1ccccc1)C1CC1. The molecule has 0 aromatic heterocycles. The summed E-state index contributed by atoms with van der Waals surface area (Å²) in [6.07, 6.45) is 4.76. The molecule has 0 heteroatoms. The lowest BCUT2D eigenvalue weighted by Crippen LogP contribution is -2.21. The van der Waals surface area contributed by atoms with E-state index in [0.29, 0.717) is 0 Å². The molecule has 3 aromatic carbocycles. The van der Waals surface area contributed by atoms with Crippen molar-refractivity contribution in [3.63, 3.8) is 0 Å². The standard InChI is InChI=1S/C28H31/c1-28(2,3)27-24(19-21-11-6-4-7-12-21)15-10-16-25(27)26(23-17-18-23)20-22-13-8-5-9-14-22/h4-16,23H,17-20H2,1-3H3. The summed E-state index contributed by atoms with van der Waals surface area (Å²) in [5.74, 6) is 2.40. The zero-order valence-electron chi connectivity index (χ0n) is 17.4. The first-order valence-corrected chi connectivity index (χ1v) is 10.6. The number of hydrogen-bond acceptors (Lipinski definition) is 0. The zero-order valence-corrected chi connectivity index (χ0v) is 17.4. The van der Waals surface area contributed by atoms with Crippen LogP contribution in [-0.2, 0) is 18.3 Å². The van der Waals surface area contributed by atoms with Crippen LogP contribution in [0.5, 0.6) is 0 Å². The minimum atomic E-state index is 0.123. The van der Waals surface area contributed by atoms with Crippen molar-refractivity contribution in [3.8, 4) is 0 Å². The van der Waals surface area contributed by atoms with Gasteiger partial charge in [-0.2, -0.15) is 0 Å². The molecule has 1 radical (unpaired) electrons. The van der Waals surface area contributed by atoms with E-state index in [1.807, 2.05) is 0 Å². The van der Waals surface area contributed by atoms with Gasteiger partial charge in [-0.1, -0.05) is 99.6 Å². The largest absolute Gasteiger partial charge is 0.0622 e. The molecule has 0 nitrogen and oxygen atoms in total. The normalized spacial score (nSPS) is 14.4. The number of hydrogen-bond donors (Lipinski definition) is 0. The molecule has 143 valence electrons. The highest BCUT2D eigenvalue weighted by Crippen LogP contribution is 2.47. The van der Waals surface area contributed by atoms with Gasteiger partial charge in [0.1, 0.15) is 0 Å². The van der Waals surface area contributed by atoms with E-state index in [-0.39, 0.29) is 5.41 Å². The van der Waals surface area contributed by atoms with Gasteiger partial charge >= 0.3 is 0 Å². The Morgan fingerprint density at radius 2 is 1.36 bits per heavy atom. The van der Waals surface area contributed by atoms with Crippen LogP contribution in [0.1, 0.15) is 61.4 Å². The maximum Gasteiger partial charge on any atom is 0.0127 e. The predicted molar refractivity (Wildman–Crippen MR) is 120 cm³/mol. The quantitative estimate of drug-likeness (QED) is 0.434. The van der Waals surface area contributed by atoms with Gasteiger partial charge in [-0.15, -0.1) is 0 Å². The summed E-state index contributed by atoms with van der Waals surface area (Å²) < 4.78 is 0. The first kappa shape index (κ1) is 19.0. The van der Waals surface area contributed by atoms with Gasteiger partial charge in [0.05, 0.1) is 0 Å². The Labute approximate surface area is 170 Å². The Morgan fingerprint density at radius 1 is 0.750 bits per heavy atom. The molecule has 4 rings (SSSR count). The fourth-order valence-corrected chi connectivity index (χ4v) is 4.42. The molecule has 28 heavy (non-hydrogen) atoms. The highest BCUT2D eigenvalue weighted by Gasteiger charge is 2.36. The van der Waals surface area contributed by atoms with E-state index in [9.17, 15) is 0 Å². The van der Waals surface area contributed by atoms with Gasteiger partial charge in [-0.05, 0) is 64.8 Å². The fourth-order valence-electron chi connectivity index (χ4n) is 4.42. The Hall–Kier alpha value is -2.34. The van der Waals surface area contributed by atoms with Crippen molar-refractivity contribution in [2.45, 2.75) is 51.9 Å². The van der Waals surface area contributed by atoms with Crippen LogP contribution in [0.3, 0.4) is 0 Å². The van der Waals surface area contributed by atoms with E-state index in [2.05, 4.69) is 99.6 Å². The van der Waals surface area contributed by atoms with Crippen LogP contribution < -0.4 is 0 Å². The lowest BCUT2D eigenvalue weighted by molar-refractivity contribution is 0.574. The third-order valence-corrected chi connectivity index (χ3v) is 5.79. The molecule has 0 amide bonds. The number of rotatable bonds is 6. The second kappa shape index (κ2) is 7.95. The van der Waals surface area contributed by atoms with E-state index in [0.717, 1.165) is 18.8 Å². The summed E-state index contributed by atoms with van der Waals surface area (Å²) in [6.45, 7) is 7.11. The molecular formula is C28H31. The van der Waals surface area contributed by atoms with Crippen LogP contribution in [0.4, 0.5) is 0 Å². The second-order valence-electron chi connectivity index (χ2n) is 9.21. The summed E-state index contributed by atoms with van der Waals surface area (Å²) in [4.78, 5) is 0. The van der Waals surface area contributed by atoms with Gasteiger partial charge < -0.3 is 0 Å². The van der Waals surface area contributed by atoms with Gasteiger partial charge in [0.25, 0.3) is 0 Å². The highest BCUT2D eigenvalue weighted by atomic mass is 14.4. The molecule has 3 aromatic rings. The van der Waals surface area contributed by atoms with Crippen LogP contribution in [0.15, 0.2) is 78.9 Å². The summed E-state index contributed by atoms with van der Waals surface area (Å²) >= 11 is 0. The van der Waals surface area contributed by atoms with E-state index in [4.69, 9.17) is 0 Å². The topological polar surface area (TPSA) is 0 Å². The average Bonchev–Trinajstić information content (AvgIpc) is 3.52. The molecule has 0 atom stereocenters.